The Balaban J connectivity index is 1.78. The van der Waals surface area contributed by atoms with Gasteiger partial charge in [0.2, 0.25) is 0 Å². The SMILES string of the molecule is Clc1cc(N2CC[C@@H]3CN[C@@H]3C2)cnc1Cl. The van der Waals surface area contributed by atoms with Crippen molar-refractivity contribution in [2.24, 2.45) is 5.92 Å². The van der Waals surface area contributed by atoms with Crippen molar-refractivity contribution >= 4 is 28.9 Å². The molecule has 3 heterocycles. The lowest BCUT2D eigenvalue weighted by molar-refractivity contribution is 0.197. The van der Waals surface area contributed by atoms with Gasteiger partial charge in [-0.05, 0) is 24.9 Å². The van der Waals surface area contributed by atoms with Crippen LogP contribution in [0.4, 0.5) is 5.69 Å². The molecule has 3 rings (SSSR count). The third kappa shape index (κ3) is 1.77. The molecule has 0 aromatic carbocycles. The predicted octanol–water partition coefficient (Wildman–Crippen LogP) is 2.19. The first-order valence-corrected chi connectivity index (χ1v) is 6.29. The number of hydrogen-bond donors (Lipinski definition) is 1. The molecule has 3 nitrogen and oxygen atoms in total. The smallest absolute Gasteiger partial charge is 0.147 e. The van der Waals surface area contributed by atoms with Crippen molar-refractivity contribution in [1.82, 2.24) is 10.3 Å². The van der Waals surface area contributed by atoms with Crippen molar-refractivity contribution in [2.45, 2.75) is 12.5 Å². The molecule has 0 saturated carbocycles. The van der Waals surface area contributed by atoms with Crippen molar-refractivity contribution in [3.63, 3.8) is 0 Å². The minimum absolute atomic E-state index is 0.377. The van der Waals surface area contributed by atoms with Gasteiger partial charge in [0, 0.05) is 19.1 Å². The van der Waals surface area contributed by atoms with E-state index in [9.17, 15) is 0 Å². The lowest BCUT2D eigenvalue weighted by Gasteiger charge is -2.47. The third-order valence-corrected chi connectivity index (χ3v) is 4.23. The van der Waals surface area contributed by atoms with Gasteiger partial charge in [-0.2, -0.15) is 0 Å². The molecule has 1 N–H and O–H groups in total. The molecule has 86 valence electrons. The van der Waals surface area contributed by atoms with E-state index in [1.807, 2.05) is 6.07 Å². The monoisotopic (exact) mass is 257 g/mol. The summed E-state index contributed by atoms with van der Waals surface area (Å²) in [5, 5.41) is 4.36. The van der Waals surface area contributed by atoms with Gasteiger partial charge < -0.3 is 10.2 Å². The highest BCUT2D eigenvalue weighted by Crippen LogP contribution is 2.30. The Morgan fingerprint density at radius 1 is 1.44 bits per heavy atom. The highest BCUT2D eigenvalue weighted by molar-refractivity contribution is 6.41. The normalized spacial score (nSPS) is 28.5. The molecule has 1 aromatic rings. The number of rotatable bonds is 1. The van der Waals surface area contributed by atoms with Crippen LogP contribution in [-0.2, 0) is 0 Å². The van der Waals surface area contributed by atoms with E-state index >= 15 is 0 Å². The van der Waals surface area contributed by atoms with Crippen LogP contribution in [0.5, 0.6) is 0 Å². The van der Waals surface area contributed by atoms with Crippen LogP contribution in [0.15, 0.2) is 12.3 Å². The maximum atomic E-state index is 5.98. The fourth-order valence-corrected chi connectivity index (χ4v) is 2.70. The molecule has 0 radical (unpaired) electrons. The Labute approximate surface area is 105 Å². The number of hydrogen-bond acceptors (Lipinski definition) is 3. The zero-order chi connectivity index (χ0) is 11.1. The molecule has 0 bridgehead atoms. The molecule has 5 heteroatoms. The van der Waals surface area contributed by atoms with Gasteiger partial charge in [-0.3, -0.25) is 0 Å². The van der Waals surface area contributed by atoms with E-state index in [2.05, 4.69) is 15.2 Å². The highest BCUT2D eigenvalue weighted by atomic mass is 35.5. The van der Waals surface area contributed by atoms with E-state index in [-0.39, 0.29) is 0 Å². The molecule has 1 aromatic heterocycles. The minimum Gasteiger partial charge on any atom is -0.369 e. The van der Waals surface area contributed by atoms with Crippen LogP contribution in [0.1, 0.15) is 6.42 Å². The van der Waals surface area contributed by atoms with Gasteiger partial charge in [0.15, 0.2) is 0 Å². The van der Waals surface area contributed by atoms with E-state index < -0.39 is 0 Å². The molecular weight excluding hydrogens is 245 g/mol. The molecule has 0 spiro atoms. The summed E-state index contributed by atoms with van der Waals surface area (Å²) in [4.78, 5) is 6.41. The van der Waals surface area contributed by atoms with Gasteiger partial charge in [-0.1, -0.05) is 23.2 Å². The fourth-order valence-electron chi connectivity index (χ4n) is 2.44. The highest BCUT2D eigenvalue weighted by Gasteiger charge is 2.35. The predicted molar refractivity (Wildman–Crippen MR) is 66.4 cm³/mol. The standard InChI is InChI=1S/C11H13Cl2N3/c12-9-3-8(5-15-11(9)13)16-2-1-7-4-14-10(7)6-16/h3,5,7,10,14H,1-2,4,6H2/t7-,10-/m1/s1. The number of nitrogens with one attached hydrogen (secondary N) is 1. The Morgan fingerprint density at radius 2 is 2.31 bits per heavy atom. The zero-order valence-electron chi connectivity index (χ0n) is 8.79. The van der Waals surface area contributed by atoms with E-state index in [0.717, 1.165) is 24.7 Å². The van der Waals surface area contributed by atoms with Crippen LogP contribution < -0.4 is 10.2 Å². The average Bonchev–Trinajstić information content (AvgIpc) is 2.24. The van der Waals surface area contributed by atoms with E-state index in [1.54, 1.807) is 6.20 Å². The lowest BCUT2D eigenvalue weighted by atomic mass is 9.85. The maximum absolute atomic E-state index is 5.98. The van der Waals surface area contributed by atoms with Gasteiger partial charge in [0.1, 0.15) is 5.15 Å². The fraction of sp³-hybridized carbons (Fsp3) is 0.545. The van der Waals surface area contributed by atoms with Crippen LogP contribution >= 0.6 is 23.2 Å². The Hall–Kier alpha value is -0.510. The zero-order valence-corrected chi connectivity index (χ0v) is 10.3. The van der Waals surface area contributed by atoms with Crippen molar-refractivity contribution in [3.8, 4) is 0 Å². The van der Waals surface area contributed by atoms with Gasteiger partial charge in [0.05, 0.1) is 16.9 Å². The summed E-state index contributed by atoms with van der Waals surface area (Å²) in [7, 11) is 0. The van der Waals surface area contributed by atoms with Gasteiger partial charge in [0.25, 0.3) is 0 Å². The number of fused-ring (bicyclic) bond motifs is 1. The summed E-state index contributed by atoms with van der Waals surface area (Å²) in [6.07, 6.45) is 3.05. The second-order valence-corrected chi connectivity index (χ2v) is 5.24. The summed E-state index contributed by atoms with van der Waals surface area (Å²) >= 11 is 11.8. The quantitative estimate of drug-likeness (QED) is 0.782. The van der Waals surface area contributed by atoms with Crippen molar-refractivity contribution in [1.29, 1.82) is 0 Å². The molecule has 0 unspecified atom stereocenters. The topological polar surface area (TPSA) is 28.2 Å². The van der Waals surface area contributed by atoms with Crippen molar-refractivity contribution in [3.05, 3.63) is 22.4 Å². The summed E-state index contributed by atoms with van der Waals surface area (Å²) in [5.41, 5.74) is 1.07. The third-order valence-electron chi connectivity index (χ3n) is 3.55. The summed E-state index contributed by atoms with van der Waals surface area (Å²) in [6, 6.07) is 2.54. The first-order valence-electron chi connectivity index (χ1n) is 5.53. The summed E-state index contributed by atoms with van der Waals surface area (Å²) in [5.74, 6) is 0.868. The van der Waals surface area contributed by atoms with Crippen LogP contribution in [0, 0.1) is 5.92 Å². The van der Waals surface area contributed by atoms with Crippen LogP contribution in [-0.4, -0.2) is 30.7 Å². The maximum Gasteiger partial charge on any atom is 0.147 e. The molecule has 2 fully saturated rings. The molecule has 2 atom stereocenters. The Morgan fingerprint density at radius 3 is 2.94 bits per heavy atom. The second kappa shape index (κ2) is 4.06. The first-order chi connectivity index (χ1) is 7.74. The number of anilines is 1. The number of piperidine rings is 1. The second-order valence-electron chi connectivity index (χ2n) is 4.48. The molecule has 0 aliphatic carbocycles. The summed E-state index contributed by atoms with van der Waals surface area (Å²) in [6.45, 7) is 3.31. The van der Waals surface area contributed by atoms with Gasteiger partial charge in [-0.25, -0.2) is 4.98 Å². The molecule has 2 saturated heterocycles. The van der Waals surface area contributed by atoms with Crippen LogP contribution in [0.3, 0.4) is 0 Å². The van der Waals surface area contributed by atoms with E-state index in [1.165, 1.54) is 13.0 Å². The van der Waals surface area contributed by atoms with Crippen molar-refractivity contribution < 1.29 is 0 Å². The Bertz CT molecular complexity index is 410. The average molecular weight is 258 g/mol. The van der Waals surface area contributed by atoms with E-state index in [0.29, 0.717) is 16.2 Å². The first kappa shape index (κ1) is 10.6. The number of pyridine rings is 1. The number of halogens is 2. The van der Waals surface area contributed by atoms with Crippen LogP contribution in [0.2, 0.25) is 10.2 Å². The molecular formula is C11H13Cl2N3. The molecule has 2 aliphatic heterocycles. The van der Waals surface area contributed by atoms with Crippen LogP contribution in [0.25, 0.3) is 0 Å². The van der Waals surface area contributed by atoms with Crippen molar-refractivity contribution in [2.75, 3.05) is 24.5 Å². The summed E-state index contributed by atoms with van der Waals surface area (Å²) < 4.78 is 0. The van der Waals surface area contributed by atoms with E-state index in [4.69, 9.17) is 23.2 Å². The largest absolute Gasteiger partial charge is 0.369 e. The van der Waals surface area contributed by atoms with Gasteiger partial charge in [-0.15, -0.1) is 0 Å². The molecule has 0 amide bonds. The molecule has 2 aliphatic rings. The Kier molecular flexibility index (Phi) is 2.70. The minimum atomic E-state index is 0.377. The lowest BCUT2D eigenvalue weighted by Crippen LogP contribution is -2.62. The number of aromatic nitrogens is 1. The molecule has 16 heavy (non-hydrogen) atoms. The van der Waals surface area contributed by atoms with Gasteiger partial charge >= 0.3 is 0 Å². The number of nitrogens with zero attached hydrogens (tertiary/aromatic N) is 2.